The predicted molar refractivity (Wildman–Crippen MR) is 68.9 cm³/mol. The summed E-state index contributed by atoms with van der Waals surface area (Å²) in [6.07, 6.45) is 6.08. The largest absolute Gasteiger partial charge is 0.343 e. The molecule has 17 heavy (non-hydrogen) atoms. The van der Waals surface area contributed by atoms with Gasteiger partial charge in [0, 0.05) is 43.7 Å². The molecule has 0 unspecified atom stereocenters. The van der Waals surface area contributed by atoms with E-state index in [-0.39, 0.29) is 0 Å². The van der Waals surface area contributed by atoms with Crippen molar-refractivity contribution in [1.82, 2.24) is 15.2 Å². The molecule has 1 aliphatic rings. The lowest BCUT2D eigenvalue weighted by molar-refractivity contribution is -0.131. The molecule has 94 valence electrons. The van der Waals surface area contributed by atoms with Crippen LogP contribution in [-0.4, -0.2) is 35.4 Å². The molecule has 0 aromatic carbocycles. The van der Waals surface area contributed by atoms with Crippen LogP contribution in [0.5, 0.6) is 0 Å². The molecule has 1 aromatic rings. The smallest absolute Gasteiger partial charge is 0.223 e. The summed E-state index contributed by atoms with van der Waals surface area (Å²) in [4.78, 5) is 19.1. The Hall–Kier alpha value is -0.940. The fraction of sp³-hybridized carbons (Fsp3) is 0.667. The van der Waals surface area contributed by atoms with Gasteiger partial charge in [0.1, 0.15) is 0 Å². The number of piperidine rings is 1. The molecule has 1 fully saturated rings. The second-order valence-electron chi connectivity index (χ2n) is 4.34. The Balaban J connectivity index is 1.59. The third kappa shape index (κ3) is 4.09. The van der Waals surface area contributed by atoms with Crippen LogP contribution in [0.1, 0.15) is 30.6 Å². The lowest BCUT2D eigenvalue weighted by Crippen LogP contribution is -2.37. The number of likely N-dealkylation sites (tertiary alicyclic amines) is 1. The normalized spacial score (nSPS) is 16.1. The number of amides is 1. The van der Waals surface area contributed by atoms with Gasteiger partial charge >= 0.3 is 0 Å². The van der Waals surface area contributed by atoms with E-state index in [4.69, 9.17) is 0 Å². The quantitative estimate of drug-likeness (QED) is 0.811. The van der Waals surface area contributed by atoms with E-state index in [1.165, 1.54) is 24.1 Å². The Kier molecular flexibility index (Phi) is 4.94. The van der Waals surface area contributed by atoms with Crippen LogP contribution in [-0.2, 0) is 11.3 Å². The highest BCUT2D eigenvalue weighted by molar-refractivity contribution is 7.09. The molecular formula is C12H19N3OS. The molecule has 2 heterocycles. The van der Waals surface area contributed by atoms with Gasteiger partial charge in [-0.15, -0.1) is 11.3 Å². The van der Waals surface area contributed by atoms with Crippen molar-refractivity contribution in [2.75, 3.05) is 19.6 Å². The minimum Gasteiger partial charge on any atom is -0.343 e. The molecule has 0 aliphatic carbocycles. The topological polar surface area (TPSA) is 45.2 Å². The molecule has 1 aliphatic heterocycles. The first-order valence-electron chi connectivity index (χ1n) is 6.22. The Bertz CT molecular complexity index is 334. The highest BCUT2D eigenvalue weighted by Gasteiger charge is 2.15. The number of carbonyl (C=O) groups is 1. The van der Waals surface area contributed by atoms with Crippen molar-refractivity contribution in [3.05, 3.63) is 16.6 Å². The van der Waals surface area contributed by atoms with Crippen LogP contribution in [0.4, 0.5) is 0 Å². The van der Waals surface area contributed by atoms with Crippen LogP contribution in [0.25, 0.3) is 0 Å². The van der Waals surface area contributed by atoms with E-state index in [2.05, 4.69) is 10.3 Å². The highest BCUT2D eigenvalue weighted by atomic mass is 32.1. The first kappa shape index (κ1) is 12.5. The van der Waals surface area contributed by atoms with Gasteiger partial charge in [0.05, 0.1) is 5.51 Å². The van der Waals surface area contributed by atoms with E-state index in [1.807, 2.05) is 16.6 Å². The number of hydrogen-bond acceptors (Lipinski definition) is 4. The minimum absolute atomic E-state index is 0.293. The molecule has 1 saturated heterocycles. The molecular weight excluding hydrogens is 234 g/mol. The van der Waals surface area contributed by atoms with Gasteiger partial charge in [0.2, 0.25) is 5.91 Å². The van der Waals surface area contributed by atoms with Gasteiger partial charge in [-0.25, -0.2) is 0 Å². The number of rotatable bonds is 5. The van der Waals surface area contributed by atoms with Gasteiger partial charge in [-0.2, -0.15) is 0 Å². The first-order chi connectivity index (χ1) is 8.36. The van der Waals surface area contributed by atoms with Crippen LogP contribution in [0.3, 0.4) is 0 Å². The van der Waals surface area contributed by atoms with Gasteiger partial charge in [0.15, 0.2) is 0 Å². The zero-order valence-electron chi connectivity index (χ0n) is 10.0. The lowest BCUT2D eigenvalue weighted by atomic mass is 10.1. The highest BCUT2D eigenvalue weighted by Crippen LogP contribution is 2.09. The van der Waals surface area contributed by atoms with Crippen LogP contribution in [0.2, 0.25) is 0 Å². The van der Waals surface area contributed by atoms with Crippen molar-refractivity contribution in [3.8, 4) is 0 Å². The average molecular weight is 253 g/mol. The third-order valence-electron chi connectivity index (χ3n) is 3.01. The van der Waals surface area contributed by atoms with Gasteiger partial charge in [0.25, 0.3) is 0 Å². The maximum absolute atomic E-state index is 11.8. The SMILES string of the molecule is O=C(CCNCc1cncs1)N1CCCCC1. The lowest BCUT2D eigenvalue weighted by Gasteiger charge is -2.26. The van der Waals surface area contributed by atoms with Gasteiger partial charge in [-0.1, -0.05) is 0 Å². The van der Waals surface area contributed by atoms with Gasteiger partial charge in [-0.3, -0.25) is 9.78 Å². The molecule has 0 saturated carbocycles. The average Bonchev–Trinajstić information content (AvgIpc) is 2.88. The molecule has 4 nitrogen and oxygen atoms in total. The van der Waals surface area contributed by atoms with Crippen molar-refractivity contribution in [3.63, 3.8) is 0 Å². The summed E-state index contributed by atoms with van der Waals surface area (Å²) in [5.74, 6) is 0.293. The standard InChI is InChI=1S/C12H19N3OS/c16-12(15-6-2-1-3-7-15)4-5-13-8-11-9-14-10-17-11/h9-10,13H,1-8H2. The van der Waals surface area contributed by atoms with E-state index >= 15 is 0 Å². The zero-order chi connectivity index (χ0) is 11.9. The monoisotopic (exact) mass is 253 g/mol. The molecule has 1 N–H and O–H groups in total. The first-order valence-corrected chi connectivity index (χ1v) is 7.10. The Labute approximate surface area is 106 Å². The zero-order valence-corrected chi connectivity index (χ0v) is 10.8. The Morgan fingerprint density at radius 1 is 1.41 bits per heavy atom. The van der Waals surface area contributed by atoms with E-state index in [1.54, 1.807) is 11.3 Å². The van der Waals surface area contributed by atoms with Gasteiger partial charge < -0.3 is 10.2 Å². The summed E-state index contributed by atoms with van der Waals surface area (Å²) >= 11 is 1.64. The van der Waals surface area contributed by atoms with E-state index in [9.17, 15) is 4.79 Å². The second-order valence-corrected chi connectivity index (χ2v) is 5.31. The summed E-state index contributed by atoms with van der Waals surface area (Å²) in [5, 5.41) is 3.28. The van der Waals surface area contributed by atoms with Crippen LogP contribution < -0.4 is 5.32 Å². The maximum Gasteiger partial charge on any atom is 0.223 e. The summed E-state index contributed by atoms with van der Waals surface area (Å²) in [7, 11) is 0. The van der Waals surface area contributed by atoms with Crippen LogP contribution in [0.15, 0.2) is 11.7 Å². The number of hydrogen-bond donors (Lipinski definition) is 1. The number of nitrogens with one attached hydrogen (secondary N) is 1. The number of aromatic nitrogens is 1. The van der Waals surface area contributed by atoms with Crippen molar-refractivity contribution >= 4 is 17.2 Å². The number of carbonyl (C=O) groups excluding carboxylic acids is 1. The Morgan fingerprint density at radius 3 is 2.94 bits per heavy atom. The summed E-state index contributed by atoms with van der Waals surface area (Å²) < 4.78 is 0. The fourth-order valence-electron chi connectivity index (χ4n) is 2.04. The van der Waals surface area contributed by atoms with Crippen LogP contribution in [0, 0.1) is 0 Å². The summed E-state index contributed by atoms with van der Waals surface area (Å²) in [6.45, 7) is 3.48. The van der Waals surface area contributed by atoms with Crippen LogP contribution >= 0.6 is 11.3 Å². The molecule has 5 heteroatoms. The van der Waals surface area contributed by atoms with Crippen molar-refractivity contribution < 1.29 is 4.79 Å². The fourth-order valence-corrected chi connectivity index (χ4v) is 2.60. The van der Waals surface area contributed by atoms with Gasteiger partial charge in [-0.05, 0) is 19.3 Å². The maximum atomic E-state index is 11.8. The molecule has 0 bridgehead atoms. The number of thiazole rings is 1. The predicted octanol–water partition coefficient (Wildman–Crippen LogP) is 1.64. The van der Waals surface area contributed by atoms with E-state index in [0.29, 0.717) is 12.3 Å². The second kappa shape index (κ2) is 6.71. The summed E-state index contributed by atoms with van der Waals surface area (Å²) in [6, 6.07) is 0. The minimum atomic E-state index is 0.293. The third-order valence-corrected chi connectivity index (χ3v) is 3.79. The number of nitrogens with zero attached hydrogens (tertiary/aromatic N) is 2. The van der Waals surface area contributed by atoms with Crippen molar-refractivity contribution in [2.24, 2.45) is 0 Å². The molecule has 1 amide bonds. The Morgan fingerprint density at radius 2 is 2.24 bits per heavy atom. The molecule has 0 radical (unpaired) electrons. The van der Waals surface area contributed by atoms with Crippen molar-refractivity contribution in [1.29, 1.82) is 0 Å². The summed E-state index contributed by atoms with van der Waals surface area (Å²) in [5.41, 5.74) is 1.83. The molecule has 1 aromatic heterocycles. The molecule has 0 atom stereocenters. The molecule has 0 spiro atoms. The van der Waals surface area contributed by atoms with Crippen molar-refractivity contribution in [2.45, 2.75) is 32.2 Å². The van der Waals surface area contributed by atoms with E-state index < -0.39 is 0 Å². The molecule has 2 rings (SSSR count). The van der Waals surface area contributed by atoms with E-state index in [0.717, 1.165) is 26.2 Å².